The third-order valence-corrected chi connectivity index (χ3v) is 4.54. The van der Waals surface area contributed by atoms with Gasteiger partial charge in [-0.3, -0.25) is 4.79 Å². The zero-order valence-electron chi connectivity index (χ0n) is 10.9. The van der Waals surface area contributed by atoms with Crippen molar-refractivity contribution in [2.75, 3.05) is 7.11 Å². The molecule has 0 spiro atoms. The van der Waals surface area contributed by atoms with Crippen LogP contribution in [0.25, 0.3) is 0 Å². The van der Waals surface area contributed by atoms with Gasteiger partial charge < -0.3 is 10.1 Å². The standard InChI is InChI=1S/C12H11ClN2O4S2/c1-19-10-3-2-8(4-11(10)21(13,17)18)5-14-12(16)9-6-20-7-15-9/h2-4,6-7H,5H2,1H3,(H,14,16). The van der Waals surface area contributed by atoms with Crippen molar-refractivity contribution in [2.24, 2.45) is 0 Å². The fourth-order valence-electron chi connectivity index (χ4n) is 1.62. The van der Waals surface area contributed by atoms with Crippen molar-refractivity contribution in [1.82, 2.24) is 10.3 Å². The van der Waals surface area contributed by atoms with Crippen LogP contribution in [-0.2, 0) is 15.6 Å². The lowest BCUT2D eigenvalue weighted by atomic mass is 10.2. The summed E-state index contributed by atoms with van der Waals surface area (Å²) in [5.74, 6) is -0.179. The maximum absolute atomic E-state index is 11.7. The Kier molecular flexibility index (Phi) is 4.81. The molecular weight excluding hydrogens is 336 g/mol. The fourth-order valence-corrected chi connectivity index (χ4v) is 3.20. The molecule has 112 valence electrons. The first-order chi connectivity index (χ1) is 9.91. The number of halogens is 1. The first-order valence-electron chi connectivity index (χ1n) is 5.70. The van der Waals surface area contributed by atoms with E-state index in [1.165, 1.54) is 30.6 Å². The number of carbonyl (C=O) groups excluding carboxylic acids is 1. The van der Waals surface area contributed by atoms with Crippen molar-refractivity contribution < 1.29 is 17.9 Å². The molecular formula is C12H11ClN2O4S2. The number of ether oxygens (including phenoxy) is 1. The average Bonchev–Trinajstić information content (AvgIpc) is 2.97. The predicted molar refractivity (Wildman–Crippen MR) is 79.3 cm³/mol. The SMILES string of the molecule is COc1ccc(CNC(=O)c2cscn2)cc1S(=O)(=O)Cl. The number of hydrogen-bond donors (Lipinski definition) is 1. The smallest absolute Gasteiger partial charge is 0.271 e. The zero-order chi connectivity index (χ0) is 15.5. The molecule has 0 saturated carbocycles. The van der Waals surface area contributed by atoms with Gasteiger partial charge in [-0.05, 0) is 17.7 Å². The van der Waals surface area contributed by atoms with Crippen molar-refractivity contribution in [3.8, 4) is 5.75 Å². The van der Waals surface area contributed by atoms with E-state index in [0.29, 0.717) is 11.3 Å². The molecule has 6 nitrogen and oxygen atoms in total. The summed E-state index contributed by atoms with van der Waals surface area (Å²) >= 11 is 1.32. The predicted octanol–water partition coefficient (Wildman–Crippen LogP) is 2.01. The summed E-state index contributed by atoms with van der Waals surface area (Å²) < 4.78 is 27.9. The molecule has 1 aromatic carbocycles. The number of rotatable bonds is 5. The van der Waals surface area contributed by atoms with E-state index in [4.69, 9.17) is 15.4 Å². The Morgan fingerprint density at radius 1 is 1.48 bits per heavy atom. The molecule has 9 heteroatoms. The third kappa shape index (κ3) is 3.93. The van der Waals surface area contributed by atoms with Crippen LogP contribution in [0, 0.1) is 0 Å². The van der Waals surface area contributed by atoms with Crippen LogP contribution in [0.4, 0.5) is 0 Å². The van der Waals surface area contributed by atoms with Gasteiger partial charge in [0.05, 0.1) is 12.6 Å². The summed E-state index contributed by atoms with van der Waals surface area (Å²) in [5.41, 5.74) is 2.46. The number of aromatic nitrogens is 1. The van der Waals surface area contributed by atoms with Crippen LogP contribution in [0.1, 0.15) is 16.1 Å². The highest BCUT2D eigenvalue weighted by atomic mass is 35.7. The molecule has 2 aromatic rings. The Morgan fingerprint density at radius 2 is 2.24 bits per heavy atom. The normalized spacial score (nSPS) is 11.1. The molecule has 0 atom stereocenters. The molecule has 21 heavy (non-hydrogen) atoms. The number of methoxy groups -OCH3 is 1. The van der Waals surface area contributed by atoms with Crippen LogP contribution in [0.2, 0.25) is 0 Å². The van der Waals surface area contributed by atoms with Gasteiger partial charge >= 0.3 is 0 Å². The second-order valence-electron chi connectivity index (χ2n) is 3.98. The first kappa shape index (κ1) is 15.7. The largest absolute Gasteiger partial charge is 0.495 e. The van der Waals surface area contributed by atoms with Crippen molar-refractivity contribution >= 4 is 37.0 Å². The monoisotopic (exact) mass is 346 g/mol. The Labute approximate surface area is 130 Å². The second-order valence-corrected chi connectivity index (χ2v) is 7.23. The highest BCUT2D eigenvalue weighted by Gasteiger charge is 2.17. The number of nitrogens with zero attached hydrogens (tertiary/aromatic N) is 1. The van der Waals surface area contributed by atoms with Crippen molar-refractivity contribution in [3.05, 3.63) is 40.3 Å². The molecule has 1 aromatic heterocycles. The fraction of sp³-hybridized carbons (Fsp3) is 0.167. The molecule has 0 aliphatic rings. The van der Waals surface area contributed by atoms with Gasteiger partial charge in [-0.25, -0.2) is 13.4 Å². The van der Waals surface area contributed by atoms with Crippen molar-refractivity contribution in [1.29, 1.82) is 0 Å². The van der Waals surface area contributed by atoms with Crippen molar-refractivity contribution in [3.63, 3.8) is 0 Å². The minimum atomic E-state index is -3.93. The maximum atomic E-state index is 11.7. The lowest BCUT2D eigenvalue weighted by Crippen LogP contribution is -2.23. The second kappa shape index (κ2) is 6.42. The van der Waals surface area contributed by atoms with E-state index in [1.54, 1.807) is 17.0 Å². The van der Waals surface area contributed by atoms with E-state index in [-0.39, 0.29) is 23.1 Å². The molecule has 0 aliphatic heterocycles. The Hall–Kier alpha value is -1.64. The van der Waals surface area contributed by atoms with Crippen LogP contribution in [-0.4, -0.2) is 26.4 Å². The van der Waals surface area contributed by atoms with Gasteiger partial charge in [0.1, 0.15) is 16.3 Å². The molecule has 0 fully saturated rings. The highest BCUT2D eigenvalue weighted by molar-refractivity contribution is 8.13. The molecule has 1 amide bonds. The van der Waals surface area contributed by atoms with Gasteiger partial charge in [0.25, 0.3) is 15.0 Å². The van der Waals surface area contributed by atoms with Crippen LogP contribution in [0.15, 0.2) is 34.0 Å². The maximum Gasteiger partial charge on any atom is 0.271 e. The summed E-state index contributed by atoms with van der Waals surface area (Å²) in [6.07, 6.45) is 0. The van der Waals surface area contributed by atoms with E-state index < -0.39 is 9.05 Å². The lowest BCUT2D eigenvalue weighted by molar-refractivity contribution is 0.0946. The van der Waals surface area contributed by atoms with Crippen LogP contribution in [0.3, 0.4) is 0 Å². The number of benzene rings is 1. The molecule has 1 heterocycles. The van der Waals surface area contributed by atoms with Crippen LogP contribution in [0.5, 0.6) is 5.75 Å². The molecule has 0 bridgehead atoms. The average molecular weight is 347 g/mol. The van der Waals surface area contributed by atoms with Gasteiger partial charge in [-0.1, -0.05) is 6.07 Å². The highest BCUT2D eigenvalue weighted by Crippen LogP contribution is 2.27. The molecule has 2 rings (SSSR count). The summed E-state index contributed by atoms with van der Waals surface area (Å²) in [4.78, 5) is 15.5. The number of carbonyl (C=O) groups is 1. The minimum absolute atomic E-state index is 0.132. The number of nitrogens with one attached hydrogen (secondary N) is 1. The number of amides is 1. The van der Waals surface area contributed by atoms with E-state index in [0.717, 1.165) is 0 Å². The van der Waals surface area contributed by atoms with Gasteiger partial charge in [-0.15, -0.1) is 11.3 Å². The third-order valence-electron chi connectivity index (χ3n) is 2.61. The van der Waals surface area contributed by atoms with E-state index in [2.05, 4.69) is 10.3 Å². The molecule has 0 unspecified atom stereocenters. The van der Waals surface area contributed by atoms with Crippen LogP contribution < -0.4 is 10.1 Å². The van der Waals surface area contributed by atoms with Crippen LogP contribution >= 0.6 is 22.0 Å². The topological polar surface area (TPSA) is 85.4 Å². The summed E-state index contributed by atoms with van der Waals surface area (Å²) in [6.45, 7) is 0.153. The summed E-state index contributed by atoms with van der Waals surface area (Å²) in [7, 11) is 2.78. The zero-order valence-corrected chi connectivity index (χ0v) is 13.3. The lowest BCUT2D eigenvalue weighted by Gasteiger charge is -2.09. The van der Waals surface area contributed by atoms with E-state index in [9.17, 15) is 13.2 Å². The van der Waals surface area contributed by atoms with Crippen molar-refractivity contribution in [2.45, 2.75) is 11.4 Å². The number of thiazole rings is 1. The van der Waals surface area contributed by atoms with Gasteiger partial charge in [-0.2, -0.15) is 0 Å². The summed E-state index contributed by atoms with van der Waals surface area (Å²) in [5, 5.41) is 4.27. The molecule has 1 N–H and O–H groups in total. The molecule has 0 saturated heterocycles. The minimum Gasteiger partial charge on any atom is -0.495 e. The molecule has 0 aliphatic carbocycles. The van der Waals surface area contributed by atoms with E-state index >= 15 is 0 Å². The first-order valence-corrected chi connectivity index (χ1v) is 8.95. The Balaban J connectivity index is 2.16. The molecule has 0 radical (unpaired) electrons. The summed E-state index contributed by atoms with van der Waals surface area (Å²) in [6, 6.07) is 4.49. The van der Waals surface area contributed by atoms with Gasteiger partial charge in [0.2, 0.25) is 0 Å². The number of hydrogen-bond acceptors (Lipinski definition) is 6. The van der Waals surface area contributed by atoms with Gasteiger partial charge in [0, 0.05) is 22.6 Å². The Morgan fingerprint density at radius 3 is 2.81 bits per heavy atom. The van der Waals surface area contributed by atoms with Gasteiger partial charge in [0.15, 0.2) is 0 Å². The van der Waals surface area contributed by atoms with E-state index in [1.807, 2.05) is 0 Å². The quantitative estimate of drug-likeness (QED) is 0.837. The Bertz CT molecular complexity index is 745.